The van der Waals surface area contributed by atoms with E-state index in [9.17, 15) is 4.79 Å². The number of piperazine rings is 1. The SMILES string of the molecule is Cc1ccc2c3c(ccc2n1)OCC(N1CCN(c2ccc4cc(C(N)=O)ccc4n2)CC1)O3. The maximum atomic E-state index is 11.4. The first-order chi connectivity index (χ1) is 16.5. The van der Waals surface area contributed by atoms with E-state index >= 15 is 0 Å². The monoisotopic (exact) mass is 455 g/mol. The smallest absolute Gasteiger partial charge is 0.248 e. The fourth-order valence-electron chi connectivity index (χ4n) is 4.69. The zero-order valence-electron chi connectivity index (χ0n) is 18.9. The van der Waals surface area contributed by atoms with Crippen LogP contribution in [0.4, 0.5) is 5.82 Å². The van der Waals surface area contributed by atoms with Crippen LogP contribution >= 0.6 is 0 Å². The molecular formula is C26H25N5O3. The second kappa shape index (κ2) is 8.14. The maximum Gasteiger partial charge on any atom is 0.248 e. The molecule has 6 rings (SSSR count). The first kappa shape index (κ1) is 20.7. The van der Waals surface area contributed by atoms with Gasteiger partial charge in [-0.1, -0.05) is 0 Å². The number of nitrogens with two attached hydrogens (primary N) is 1. The predicted molar refractivity (Wildman–Crippen MR) is 130 cm³/mol. The summed E-state index contributed by atoms with van der Waals surface area (Å²) in [6, 6.07) is 17.3. The Morgan fingerprint density at radius 2 is 1.79 bits per heavy atom. The van der Waals surface area contributed by atoms with Crippen molar-refractivity contribution in [3.63, 3.8) is 0 Å². The average molecular weight is 456 g/mol. The zero-order valence-corrected chi connectivity index (χ0v) is 18.9. The molecule has 4 heterocycles. The predicted octanol–water partition coefficient (Wildman–Crippen LogP) is 3.11. The molecule has 4 aromatic rings. The quantitative estimate of drug-likeness (QED) is 0.507. The molecule has 8 heteroatoms. The number of benzene rings is 2. The fourth-order valence-corrected chi connectivity index (χ4v) is 4.69. The molecule has 1 saturated heterocycles. The Balaban J connectivity index is 1.16. The Labute approximate surface area is 196 Å². The molecule has 2 aliphatic heterocycles. The van der Waals surface area contributed by atoms with Crippen LogP contribution in [0.5, 0.6) is 11.5 Å². The second-order valence-electron chi connectivity index (χ2n) is 8.76. The number of anilines is 1. The molecule has 8 nitrogen and oxygen atoms in total. The standard InChI is InChI=1S/C26H25N5O3/c1-16-2-5-19-21(28-16)7-8-22-25(19)34-24(15-33-22)31-12-10-30(11-13-31)23-9-4-17-14-18(26(27)32)3-6-20(17)29-23/h2-9,14,24H,10-13,15H2,1H3,(H2,27,32). The van der Waals surface area contributed by atoms with Crippen molar-refractivity contribution in [2.24, 2.45) is 5.73 Å². The molecule has 0 aliphatic carbocycles. The van der Waals surface area contributed by atoms with Gasteiger partial charge in [0, 0.05) is 48.2 Å². The van der Waals surface area contributed by atoms with Gasteiger partial charge in [-0.25, -0.2) is 4.98 Å². The third kappa shape index (κ3) is 3.66. The Bertz CT molecular complexity index is 1410. The van der Waals surface area contributed by atoms with Crippen molar-refractivity contribution < 1.29 is 14.3 Å². The summed E-state index contributed by atoms with van der Waals surface area (Å²) in [6.07, 6.45) is -0.140. The number of rotatable bonds is 3. The molecule has 1 fully saturated rings. The van der Waals surface area contributed by atoms with Gasteiger partial charge in [-0.15, -0.1) is 0 Å². The van der Waals surface area contributed by atoms with Crippen LogP contribution in [-0.4, -0.2) is 59.8 Å². The van der Waals surface area contributed by atoms with E-state index in [-0.39, 0.29) is 6.23 Å². The Hall–Kier alpha value is -3.91. The van der Waals surface area contributed by atoms with E-state index < -0.39 is 5.91 Å². The minimum absolute atomic E-state index is 0.140. The van der Waals surface area contributed by atoms with Crippen molar-refractivity contribution in [2.75, 3.05) is 37.7 Å². The number of carbonyl (C=O) groups is 1. The lowest BCUT2D eigenvalue weighted by Crippen LogP contribution is -2.54. The lowest BCUT2D eigenvalue weighted by molar-refractivity contribution is -0.0301. The summed E-state index contributed by atoms with van der Waals surface area (Å²) in [6.45, 7) is 5.83. The van der Waals surface area contributed by atoms with Crippen molar-refractivity contribution in [3.8, 4) is 11.5 Å². The number of fused-ring (bicyclic) bond motifs is 4. The van der Waals surface area contributed by atoms with Gasteiger partial charge in [-0.3, -0.25) is 14.7 Å². The lowest BCUT2D eigenvalue weighted by Gasteiger charge is -2.41. The molecule has 172 valence electrons. The topological polar surface area (TPSA) is 93.8 Å². The third-order valence-corrected chi connectivity index (χ3v) is 6.56. The highest BCUT2D eigenvalue weighted by molar-refractivity contribution is 5.97. The first-order valence-electron chi connectivity index (χ1n) is 11.4. The van der Waals surface area contributed by atoms with E-state index in [1.807, 2.05) is 43.3 Å². The van der Waals surface area contributed by atoms with E-state index in [4.69, 9.17) is 20.2 Å². The summed E-state index contributed by atoms with van der Waals surface area (Å²) >= 11 is 0. The van der Waals surface area contributed by atoms with Crippen molar-refractivity contribution in [1.82, 2.24) is 14.9 Å². The zero-order chi connectivity index (χ0) is 23.2. The van der Waals surface area contributed by atoms with Gasteiger partial charge < -0.3 is 20.1 Å². The van der Waals surface area contributed by atoms with Crippen molar-refractivity contribution in [1.29, 1.82) is 0 Å². The van der Waals surface area contributed by atoms with Gasteiger partial charge in [0.1, 0.15) is 12.4 Å². The van der Waals surface area contributed by atoms with E-state index in [1.165, 1.54) is 0 Å². The molecule has 0 bridgehead atoms. The van der Waals surface area contributed by atoms with Crippen LogP contribution in [0, 0.1) is 6.92 Å². The molecule has 0 radical (unpaired) electrons. The largest absolute Gasteiger partial charge is 0.484 e. The van der Waals surface area contributed by atoms with Gasteiger partial charge in [-0.05, 0) is 61.5 Å². The molecule has 0 saturated carbocycles. The summed E-state index contributed by atoms with van der Waals surface area (Å²) in [7, 11) is 0. The minimum Gasteiger partial charge on any atom is -0.484 e. The van der Waals surface area contributed by atoms with Crippen LogP contribution < -0.4 is 20.1 Å². The van der Waals surface area contributed by atoms with Crippen LogP contribution in [0.25, 0.3) is 21.8 Å². The summed E-state index contributed by atoms with van der Waals surface area (Å²) < 4.78 is 12.5. The van der Waals surface area contributed by atoms with E-state index in [0.717, 1.165) is 71.0 Å². The normalized spacial score (nSPS) is 18.4. The van der Waals surface area contributed by atoms with Crippen molar-refractivity contribution >= 4 is 33.5 Å². The van der Waals surface area contributed by atoms with Gasteiger partial charge in [0.2, 0.25) is 5.91 Å². The van der Waals surface area contributed by atoms with E-state index in [0.29, 0.717) is 12.2 Å². The van der Waals surface area contributed by atoms with E-state index in [1.54, 1.807) is 12.1 Å². The van der Waals surface area contributed by atoms with Crippen LogP contribution in [0.15, 0.2) is 54.6 Å². The van der Waals surface area contributed by atoms with Gasteiger partial charge in [0.15, 0.2) is 17.7 Å². The number of primary amides is 1. The number of aryl methyl sites for hydroxylation is 1. The Morgan fingerprint density at radius 1 is 0.971 bits per heavy atom. The highest BCUT2D eigenvalue weighted by Crippen LogP contribution is 2.39. The number of aromatic nitrogens is 2. The maximum absolute atomic E-state index is 11.4. The number of hydrogen-bond acceptors (Lipinski definition) is 7. The molecule has 1 amide bonds. The van der Waals surface area contributed by atoms with Crippen molar-refractivity contribution in [2.45, 2.75) is 13.2 Å². The van der Waals surface area contributed by atoms with Crippen LogP contribution in [-0.2, 0) is 0 Å². The highest BCUT2D eigenvalue weighted by Gasteiger charge is 2.31. The van der Waals surface area contributed by atoms with Gasteiger partial charge in [0.05, 0.1) is 11.0 Å². The molecule has 2 aromatic carbocycles. The average Bonchev–Trinajstić information content (AvgIpc) is 2.87. The number of hydrogen-bond donors (Lipinski definition) is 1. The van der Waals surface area contributed by atoms with Gasteiger partial charge >= 0.3 is 0 Å². The van der Waals surface area contributed by atoms with Crippen LogP contribution in [0.3, 0.4) is 0 Å². The molecule has 34 heavy (non-hydrogen) atoms. The number of pyridine rings is 2. The second-order valence-corrected chi connectivity index (χ2v) is 8.76. The minimum atomic E-state index is -0.432. The number of ether oxygens (including phenoxy) is 2. The molecule has 0 spiro atoms. The van der Waals surface area contributed by atoms with Crippen LogP contribution in [0.1, 0.15) is 16.1 Å². The van der Waals surface area contributed by atoms with Gasteiger partial charge in [-0.2, -0.15) is 0 Å². The van der Waals surface area contributed by atoms with Gasteiger partial charge in [0.25, 0.3) is 0 Å². The van der Waals surface area contributed by atoms with Crippen molar-refractivity contribution in [3.05, 3.63) is 65.9 Å². The molecule has 2 aromatic heterocycles. The molecule has 1 atom stereocenters. The lowest BCUT2D eigenvalue weighted by atomic mass is 10.1. The van der Waals surface area contributed by atoms with Crippen LogP contribution in [0.2, 0.25) is 0 Å². The number of amides is 1. The molecule has 2 aliphatic rings. The highest BCUT2D eigenvalue weighted by atomic mass is 16.6. The Kier molecular flexibility index (Phi) is 4.95. The molecular weight excluding hydrogens is 430 g/mol. The summed E-state index contributed by atoms with van der Waals surface area (Å²) in [5.41, 5.74) is 8.63. The third-order valence-electron chi connectivity index (χ3n) is 6.56. The number of nitrogens with zero attached hydrogens (tertiary/aromatic N) is 4. The summed E-state index contributed by atoms with van der Waals surface area (Å²) in [5, 5.41) is 1.88. The molecule has 1 unspecified atom stereocenters. The first-order valence-corrected chi connectivity index (χ1v) is 11.4. The number of carbonyl (C=O) groups excluding carboxylic acids is 1. The summed E-state index contributed by atoms with van der Waals surface area (Å²) in [5.74, 6) is 2.04. The molecule has 2 N–H and O–H groups in total. The Morgan fingerprint density at radius 3 is 2.62 bits per heavy atom. The fraction of sp³-hybridized carbons (Fsp3) is 0.269. The van der Waals surface area contributed by atoms with E-state index in [2.05, 4.69) is 20.9 Å². The summed E-state index contributed by atoms with van der Waals surface area (Å²) in [4.78, 5) is 25.4.